The Balaban J connectivity index is 2.02. The highest BCUT2D eigenvalue weighted by Gasteiger charge is 2.33. The molecule has 1 saturated heterocycles. The fourth-order valence-electron chi connectivity index (χ4n) is 1.59. The first-order chi connectivity index (χ1) is 7.69. The summed E-state index contributed by atoms with van der Waals surface area (Å²) in [5.41, 5.74) is -0.476. The highest BCUT2D eigenvalue weighted by Crippen LogP contribution is 2.20. The summed E-state index contributed by atoms with van der Waals surface area (Å²) in [6.45, 7) is -0.141. The zero-order valence-electron chi connectivity index (χ0n) is 8.46. The van der Waals surface area contributed by atoms with Gasteiger partial charge in [0.25, 0.3) is 0 Å². The number of aliphatic hydroxyl groups excluding tert-OH is 2. The maximum absolute atomic E-state index is 10.9. The zero-order chi connectivity index (χ0) is 11.5. The van der Waals surface area contributed by atoms with Gasteiger partial charge in [0.15, 0.2) is 6.23 Å². The summed E-state index contributed by atoms with van der Waals surface area (Å²) in [6, 6.07) is 1.56. The number of ether oxygens (including phenoxy) is 1. The van der Waals surface area contributed by atoms with E-state index in [0.29, 0.717) is 12.2 Å². The molecule has 3 atom stereocenters. The summed E-state index contributed by atoms with van der Waals surface area (Å²) in [5.74, 6) is 0.325. The number of H-pyrrole nitrogens is 1. The van der Waals surface area contributed by atoms with E-state index in [0.717, 1.165) is 0 Å². The van der Waals surface area contributed by atoms with Crippen molar-refractivity contribution in [1.82, 2.24) is 9.97 Å². The van der Waals surface area contributed by atoms with Gasteiger partial charge in [0.2, 0.25) is 0 Å². The monoisotopic (exact) mass is 227 g/mol. The molecule has 1 aromatic heterocycles. The first kappa shape index (κ1) is 11.1. The fraction of sp³-hybridized carbons (Fsp3) is 0.556. The number of hydrogen-bond acceptors (Lipinski definition) is 6. The molecule has 7 heteroatoms. The van der Waals surface area contributed by atoms with Crippen molar-refractivity contribution in [1.29, 1.82) is 0 Å². The lowest BCUT2D eigenvalue weighted by Gasteiger charge is -2.16. The van der Waals surface area contributed by atoms with E-state index in [1.807, 2.05) is 0 Å². The minimum absolute atomic E-state index is 0.141. The molecule has 1 aliphatic rings. The molecule has 0 bridgehead atoms. The van der Waals surface area contributed by atoms with Crippen molar-refractivity contribution in [2.45, 2.75) is 24.9 Å². The van der Waals surface area contributed by atoms with Gasteiger partial charge in [-0.15, -0.1) is 0 Å². The molecule has 0 amide bonds. The molecule has 0 spiro atoms. The lowest BCUT2D eigenvalue weighted by Crippen LogP contribution is -2.31. The van der Waals surface area contributed by atoms with Gasteiger partial charge in [0.05, 0.1) is 12.7 Å². The van der Waals surface area contributed by atoms with Crippen molar-refractivity contribution in [3.63, 3.8) is 0 Å². The van der Waals surface area contributed by atoms with E-state index in [9.17, 15) is 9.90 Å². The summed E-state index contributed by atoms with van der Waals surface area (Å²) in [5, 5.41) is 21.3. The van der Waals surface area contributed by atoms with Gasteiger partial charge >= 0.3 is 5.69 Å². The van der Waals surface area contributed by atoms with E-state index in [-0.39, 0.29) is 12.7 Å². The van der Waals surface area contributed by atoms with Gasteiger partial charge in [0, 0.05) is 12.6 Å². The third-order valence-corrected chi connectivity index (χ3v) is 2.36. The standard InChI is InChI=1S/C9H13N3O4/c13-4-5-3-6(14)8(16-5)11-7-1-2-10-9(15)12-7/h1-2,5-6,8,13-14H,3-4H2,(H2,10,11,12,15)/t5-,6+,8+/m0/s1. The van der Waals surface area contributed by atoms with Crippen LogP contribution in [0.5, 0.6) is 0 Å². The molecule has 7 nitrogen and oxygen atoms in total. The Bertz CT molecular complexity index is 408. The Kier molecular flexibility index (Phi) is 3.18. The van der Waals surface area contributed by atoms with Crippen LogP contribution in [0, 0.1) is 0 Å². The van der Waals surface area contributed by atoms with Gasteiger partial charge in [-0.2, -0.15) is 4.98 Å². The number of anilines is 1. The van der Waals surface area contributed by atoms with Gasteiger partial charge < -0.3 is 25.3 Å². The number of nitrogens with one attached hydrogen (secondary N) is 2. The van der Waals surface area contributed by atoms with Crippen molar-refractivity contribution in [3.8, 4) is 0 Å². The summed E-state index contributed by atoms with van der Waals surface area (Å²) in [4.78, 5) is 16.9. The molecule has 0 unspecified atom stereocenters. The van der Waals surface area contributed by atoms with Gasteiger partial charge in [-0.25, -0.2) is 4.79 Å². The van der Waals surface area contributed by atoms with Crippen molar-refractivity contribution < 1.29 is 14.9 Å². The van der Waals surface area contributed by atoms with Gasteiger partial charge in [-0.1, -0.05) is 0 Å². The van der Waals surface area contributed by atoms with E-state index in [1.54, 1.807) is 6.07 Å². The number of aliphatic hydroxyl groups is 2. The minimum Gasteiger partial charge on any atom is -0.394 e. The molecule has 1 fully saturated rings. The van der Waals surface area contributed by atoms with E-state index in [1.165, 1.54) is 6.20 Å². The predicted octanol–water partition coefficient (Wildman–Crippen LogP) is -1.35. The van der Waals surface area contributed by atoms with E-state index < -0.39 is 18.0 Å². The minimum atomic E-state index is -0.724. The van der Waals surface area contributed by atoms with Crippen molar-refractivity contribution in [2.24, 2.45) is 0 Å². The Morgan fingerprint density at radius 2 is 2.50 bits per heavy atom. The number of aromatic nitrogens is 2. The first-order valence-electron chi connectivity index (χ1n) is 4.95. The Morgan fingerprint density at radius 1 is 1.69 bits per heavy atom. The molecule has 16 heavy (non-hydrogen) atoms. The number of rotatable bonds is 3. The Labute approximate surface area is 91.1 Å². The molecule has 2 heterocycles. The van der Waals surface area contributed by atoms with Crippen molar-refractivity contribution in [3.05, 3.63) is 22.7 Å². The molecular formula is C9H13N3O4. The maximum Gasteiger partial charge on any atom is 0.346 e. The number of aromatic amines is 1. The van der Waals surface area contributed by atoms with Crippen molar-refractivity contribution in [2.75, 3.05) is 11.9 Å². The zero-order valence-corrected chi connectivity index (χ0v) is 8.46. The van der Waals surface area contributed by atoms with Gasteiger partial charge in [0.1, 0.15) is 11.9 Å². The van der Waals surface area contributed by atoms with E-state index >= 15 is 0 Å². The van der Waals surface area contributed by atoms with Crippen LogP contribution in [0.4, 0.5) is 5.82 Å². The maximum atomic E-state index is 10.9. The predicted molar refractivity (Wildman–Crippen MR) is 54.9 cm³/mol. The SMILES string of the molecule is O=c1nc(N[C@@H]2O[C@H](CO)C[C@H]2O)cc[nH]1. The lowest BCUT2D eigenvalue weighted by molar-refractivity contribution is 0.00513. The molecule has 0 radical (unpaired) electrons. The third-order valence-electron chi connectivity index (χ3n) is 2.36. The van der Waals surface area contributed by atoms with E-state index in [2.05, 4.69) is 15.3 Å². The molecule has 0 aliphatic carbocycles. The molecule has 1 aromatic rings. The van der Waals surface area contributed by atoms with Crippen LogP contribution < -0.4 is 11.0 Å². The molecular weight excluding hydrogens is 214 g/mol. The highest BCUT2D eigenvalue weighted by molar-refractivity contribution is 5.32. The van der Waals surface area contributed by atoms with Crippen molar-refractivity contribution >= 4 is 5.82 Å². The van der Waals surface area contributed by atoms with Crippen LogP contribution in [0.15, 0.2) is 17.1 Å². The molecule has 2 rings (SSSR count). The van der Waals surface area contributed by atoms with Crippen LogP contribution in [0.3, 0.4) is 0 Å². The topological polar surface area (TPSA) is 107 Å². The van der Waals surface area contributed by atoms with Crippen LogP contribution in [0.1, 0.15) is 6.42 Å². The largest absolute Gasteiger partial charge is 0.394 e. The summed E-state index contributed by atoms with van der Waals surface area (Å²) >= 11 is 0. The molecule has 0 aromatic carbocycles. The number of hydrogen-bond donors (Lipinski definition) is 4. The second-order valence-corrected chi connectivity index (χ2v) is 3.59. The first-order valence-corrected chi connectivity index (χ1v) is 4.95. The quantitative estimate of drug-likeness (QED) is 0.508. The lowest BCUT2D eigenvalue weighted by atomic mass is 10.2. The second kappa shape index (κ2) is 4.60. The average Bonchev–Trinajstić information content (AvgIpc) is 2.60. The Morgan fingerprint density at radius 3 is 3.12 bits per heavy atom. The summed E-state index contributed by atoms with van der Waals surface area (Å²) in [6.07, 6.45) is 0.0547. The van der Waals surface area contributed by atoms with Crippen LogP contribution >= 0.6 is 0 Å². The van der Waals surface area contributed by atoms with E-state index in [4.69, 9.17) is 9.84 Å². The van der Waals surface area contributed by atoms with Gasteiger partial charge in [-0.3, -0.25) is 0 Å². The highest BCUT2D eigenvalue weighted by atomic mass is 16.5. The van der Waals surface area contributed by atoms with Crippen LogP contribution in [0.2, 0.25) is 0 Å². The van der Waals surface area contributed by atoms with Crippen LogP contribution in [0.25, 0.3) is 0 Å². The van der Waals surface area contributed by atoms with Crippen LogP contribution in [-0.4, -0.2) is 45.2 Å². The fourth-order valence-corrected chi connectivity index (χ4v) is 1.59. The second-order valence-electron chi connectivity index (χ2n) is 3.59. The molecule has 1 aliphatic heterocycles. The number of nitrogens with zero attached hydrogens (tertiary/aromatic N) is 1. The molecule has 0 saturated carbocycles. The third kappa shape index (κ3) is 2.38. The summed E-state index contributed by atoms with van der Waals surface area (Å²) in [7, 11) is 0. The molecule has 88 valence electrons. The normalized spacial score (nSPS) is 29.2. The van der Waals surface area contributed by atoms with Gasteiger partial charge in [-0.05, 0) is 6.07 Å². The van der Waals surface area contributed by atoms with Crippen LogP contribution in [-0.2, 0) is 4.74 Å². The summed E-state index contributed by atoms with van der Waals surface area (Å²) < 4.78 is 5.30. The molecule has 4 N–H and O–H groups in total. The Hall–Kier alpha value is -1.44. The average molecular weight is 227 g/mol. The smallest absolute Gasteiger partial charge is 0.346 e.